The van der Waals surface area contributed by atoms with E-state index in [1.807, 2.05) is 12.2 Å². The van der Waals surface area contributed by atoms with Gasteiger partial charge in [0.1, 0.15) is 11.7 Å². The summed E-state index contributed by atoms with van der Waals surface area (Å²) in [5, 5.41) is 0.712. The van der Waals surface area contributed by atoms with Gasteiger partial charge >= 0.3 is 12.1 Å². The molecule has 1 aromatic carbocycles. The van der Waals surface area contributed by atoms with E-state index in [4.69, 9.17) is 21.1 Å². The zero-order valence-electron chi connectivity index (χ0n) is 32.5. The van der Waals surface area contributed by atoms with E-state index in [9.17, 15) is 40.8 Å². The number of allylic oxidation sites excluding steroid dienone is 2. The van der Waals surface area contributed by atoms with Crippen LogP contribution < -0.4 is 9.46 Å². The molecular weight excluding hydrogens is 799 g/mol. The summed E-state index contributed by atoms with van der Waals surface area (Å²) in [6.45, 7) is 1.32. The van der Waals surface area contributed by atoms with Crippen molar-refractivity contribution in [3.63, 3.8) is 0 Å². The van der Waals surface area contributed by atoms with Crippen molar-refractivity contribution in [3.8, 4) is 5.75 Å². The van der Waals surface area contributed by atoms with Crippen LogP contribution in [0.4, 0.5) is 13.2 Å². The Hall–Kier alpha value is -3.72. The molecule has 314 valence electrons. The van der Waals surface area contributed by atoms with Gasteiger partial charge in [-0.15, -0.1) is 0 Å². The standard InChI is InChI=1S/C42H49ClF3N3O8S/c1-39(17-18-39)58(54,55)48-38(53)41-21-26(41)10-6-4-2-3-5-9-25(19-34(51)56-28-11-7-8-12-28)37(52)49-24-40(22-32(49)33(50)23-41)16-15-29-30-20-27(43)13-14-31(30)47-36(35(29)57-40)42(44,45)46/h6,10,13-14,20,25-26,28,32H,2-5,7-9,11-12,15-19,21-24H2,1H3,(H,48,53)/b10-6-/t25-,26-,32+,40-,41-/m1/s1. The monoisotopic (exact) mass is 847 g/mol. The number of benzene rings is 1. The van der Waals surface area contributed by atoms with E-state index < -0.39 is 91.3 Å². The van der Waals surface area contributed by atoms with E-state index in [-0.39, 0.29) is 55.8 Å². The third-order valence-corrected chi connectivity index (χ3v) is 15.9. The van der Waals surface area contributed by atoms with Crippen molar-refractivity contribution < 1.29 is 50.2 Å². The number of amides is 2. The van der Waals surface area contributed by atoms with Crippen LogP contribution in [0.25, 0.3) is 10.9 Å². The van der Waals surface area contributed by atoms with Crippen molar-refractivity contribution in [2.45, 2.75) is 145 Å². The number of hydrogen-bond donors (Lipinski definition) is 1. The lowest BCUT2D eigenvalue weighted by atomic mass is 9.85. The number of nitrogens with one attached hydrogen (secondary N) is 1. The van der Waals surface area contributed by atoms with Gasteiger partial charge in [0, 0.05) is 34.7 Å². The normalized spacial score (nSPS) is 30.7. The molecular formula is C42H49ClF3N3O8S. The molecule has 1 saturated heterocycles. The average Bonchev–Trinajstić information content (AvgIpc) is 3.96. The Labute approximate surface area is 340 Å². The number of ketones is 1. The topological polar surface area (TPSA) is 149 Å². The Morgan fingerprint density at radius 2 is 1.79 bits per heavy atom. The first-order valence-electron chi connectivity index (χ1n) is 20.6. The van der Waals surface area contributed by atoms with Crippen molar-refractivity contribution in [3.05, 3.63) is 46.6 Å². The number of carbonyl (C=O) groups excluding carboxylic acids is 4. The quantitative estimate of drug-likeness (QED) is 0.230. The Morgan fingerprint density at radius 3 is 2.52 bits per heavy atom. The Bertz CT molecular complexity index is 2170. The molecule has 8 rings (SSSR count). The highest BCUT2D eigenvalue weighted by atomic mass is 35.5. The largest absolute Gasteiger partial charge is 0.483 e. The Morgan fingerprint density at radius 1 is 1.05 bits per heavy atom. The second kappa shape index (κ2) is 15.1. The van der Waals surface area contributed by atoms with Gasteiger partial charge in [-0.2, -0.15) is 13.2 Å². The summed E-state index contributed by atoms with van der Waals surface area (Å²) in [5.74, 6) is -4.10. The number of esters is 1. The van der Waals surface area contributed by atoms with E-state index in [2.05, 4.69) is 9.71 Å². The number of ether oxygens (including phenoxy) is 2. The van der Waals surface area contributed by atoms with Crippen molar-refractivity contribution in [1.29, 1.82) is 0 Å². The predicted octanol–water partition coefficient (Wildman–Crippen LogP) is 7.55. The maximum absolute atomic E-state index is 14.8. The maximum Gasteiger partial charge on any atom is 0.437 e. The van der Waals surface area contributed by atoms with E-state index in [0.717, 1.165) is 38.5 Å². The second-order valence-corrected chi connectivity index (χ2v) is 20.4. The SMILES string of the molecule is CC1(S(=O)(=O)NC(=O)[C@]23CC(=O)[C@@H]4C[C@]5(CCc6c(c(C(F)(F)F)nc7ccc(Cl)cc67)O5)CN4C(=O)[C@@H](CC(=O)OC4CCCC4)CCCCC/C=C\[C@@H]2C3)CC1. The summed E-state index contributed by atoms with van der Waals surface area (Å²) in [6.07, 6.45) is 5.65. The molecule has 1 aromatic heterocycles. The van der Waals surface area contributed by atoms with Gasteiger partial charge in [0.15, 0.2) is 17.2 Å². The van der Waals surface area contributed by atoms with Crippen LogP contribution in [0, 0.1) is 17.3 Å². The summed E-state index contributed by atoms with van der Waals surface area (Å²) in [4.78, 5) is 62.2. The number of aromatic nitrogens is 1. The number of rotatable bonds is 6. The number of Topliss-reactive ketones (excluding diaryl/α,β-unsaturated/α-hetero) is 1. The van der Waals surface area contributed by atoms with Gasteiger partial charge in [-0.3, -0.25) is 23.9 Å². The van der Waals surface area contributed by atoms with Crippen LogP contribution in [-0.4, -0.2) is 70.9 Å². The van der Waals surface area contributed by atoms with Crippen LogP contribution in [-0.2, 0) is 46.5 Å². The molecule has 6 aliphatic rings. The highest BCUT2D eigenvalue weighted by Gasteiger charge is 2.63. The lowest BCUT2D eigenvalue weighted by Crippen LogP contribution is -2.48. The van der Waals surface area contributed by atoms with Crippen molar-refractivity contribution in [2.24, 2.45) is 17.3 Å². The number of aryl methyl sites for hydroxylation is 1. The van der Waals surface area contributed by atoms with E-state index >= 15 is 0 Å². The van der Waals surface area contributed by atoms with Gasteiger partial charge in [-0.1, -0.05) is 36.6 Å². The molecule has 1 N–H and O–H groups in total. The summed E-state index contributed by atoms with van der Waals surface area (Å²) in [5.41, 5.74) is -3.69. The first-order chi connectivity index (χ1) is 27.4. The molecule has 3 aliphatic carbocycles. The van der Waals surface area contributed by atoms with E-state index in [1.54, 1.807) is 13.0 Å². The molecule has 58 heavy (non-hydrogen) atoms. The minimum Gasteiger partial charge on any atom is -0.483 e. The highest BCUT2D eigenvalue weighted by molar-refractivity contribution is 7.91. The van der Waals surface area contributed by atoms with Crippen molar-refractivity contribution >= 4 is 56.1 Å². The Balaban J connectivity index is 1.15. The molecule has 0 unspecified atom stereocenters. The molecule has 0 radical (unpaired) electrons. The fraction of sp³-hybridized carbons (Fsp3) is 0.643. The summed E-state index contributed by atoms with van der Waals surface area (Å²) in [7, 11) is -4.04. The van der Waals surface area contributed by atoms with Gasteiger partial charge in [0.05, 0.1) is 34.7 Å². The molecule has 3 saturated carbocycles. The minimum absolute atomic E-state index is 0.0982. The molecule has 1 spiro atoms. The fourth-order valence-corrected chi connectivity index (χ4v) is 11.1. The number of fused-ring (bicyclic) bond motifs is 5. The molecule has 2 aromatic rings. The third-order valence-electron chi connectivity index (χ3n) is 13.5. The number of pyridine rings is 1. The number of carbonyl (C=O) groups is 4. The van der Waals surface area contributed by atoms with Crippen LogP contribution in [0.5, 0.6) is 5.75 Å². The third kappa shape index (κ3) is 7.86. The van der Waals surface area contributed by atoms with Crippen molar-refractivity contribution in [2.75, 3.05) is 6.54 Å². The summed E-state index contributed by atoms with van der Waals surface area (Å²) < 4.78 is 84.0. The summed E-state index contributed by atoms with van der Waals surface area (Å²) >= 11 is 6.27. The lowest BCUT2D eigenvalue weighted by molar-refractivity contribution is -0.154. The molecule has 0 bridgehead atoms. The van der Waals surface area contributed by atoms with Gasteiger partial charge in [-0.25, -0.2) is 13.4 Å². The number of sulfonamides is 1. The summed E-state index contributed by atoms with van der Waals surface area (Å²) in [6, 6.07) is 3.20. The van der Waals surface area contributed by atoms with Gasteiger partial charge in [-0.05, 0) is 108 Å². The predicted molar refractivity (Wildman–Crippen MR) is 207 cm³/mol. The van der Waals surface area contributed by atoms with E-state index in [0.29, 0.717) is 42.5 Å². The molecule has 3 aliphatic heterocycles. The van der Waals surface area contributed by atoms with Crippen molar-refractivity contribution in [1.82, 2.24) is 14.6 Å². The zero-order valence-corrected chi connectivity index (χ0v) is 34.1. The molecule has 5 atom stereocenters. The lowest BCUT2D eigenvalue weighted by Gasteiger charge is -2.37. The van der Waals surface area contributed by atoms with Crippen LogP contribution in [0.2, 0.25) is 5.02 Å². The molecule has 11 nitrogen and oxygen atoms in total. The van der Waals surface area contributed by atoms with Gasteiger partial charge in [0.25, 0.3) is 0 Å². The number of nitrogens with zero attached hydrogens (tertiary/aromatic N) is 2. The second-order valence-electron chi connectivity index (χ2n) is 17.8. The number of halogens is 4. The first kappa shape index (κ1) is 41.0. The fourth-order valence-electron chi connectivity index (χ4n) is 9.61. The Kier molecular flexibility index (Phi) is 10.7. The number of alkyl halides is 3. The zero-order chi connectivity index (χ0) is 41.3. The molecule has 4 heterocycles. The van der Waals surface area contributed by atoms with Crippen LogP contribution in [0.15, 0.2) is 30.4 Å². The van der Waals surface area contributed by atoms with E-state index in [1.165, 1.54) is 17.0 Å². The van der Waals surface area contributed by atoms with Gasteiger partial charge < -0.3 is 14.4 Å². The highest BCUT2D eigenvalue weighted by Crippen LogP contribution is 2.58. The van der Waals surface area contributed by atoms with Crippen LogP contribution in [0.1, 0.15) is 121 Å². The minimum atomic E-state index is -4.90. The maximum atomic E-state index is 14.8. The van der Waals surface area contributed by atoms with Crippen LogP contribution in [0.3, 0.4) is 0 Å². The van der Waals surface area contributed by atoms with Crippen LogP contribution >= 0.6 is 11.6 Å². The molecule has 2 amide bonds. The molecule has 16 heteroatoms. The average molecular weight is 848 g/mol. The first-order valence-corrected chi connectivity index (χ1v) is 22.4. The smallest absolute Gasteiger partial charge is 0.437 e. The molecule has 4 fully saturated rings. The van der Waals surface area contributed by atoms with Gasteiger partial charge in [0.2, 0.25) is 21.8 Å². The number of hydrogen-bond acceptors (Lipinski definition) is 9.